The SMILES string of the molecule is c1ccc(-c2ccc3oc4ccccc4c3c2C2=NC(c3ccc(-c4cccc5ccccc45)cc3)=NC(c3ccccc3)N2)cc1. The lowest BCUT2D eigenvalue weighted by molar-refractivity contribution is 0.668. The van der Waals surface area contributed by atoms with Gasteiger partial charge in [-0.1, -0.05) is 146 Å². The van der Waals surface area contributed by atoms with E-state index in [1.54, 1.807) is 0 Å². The van der Waals surface area contributed by atoms with Gasteiger partial charge in [0, 0.05) is 21.9 Å². The molecule has 8 aromatic rings. The molecule has 0 bridgehead atoms. The second-order valence-electron chi connectivity index (χ2n) is 11.8. The van der Waals surface area contributed by atoms with Gasteiger partial charge in [0.1, 0.15) is 23.2 Å². The maximum absolute atomic E-state index is 6.37. The number of para-hydroxylation sites is 1. The molecule has 1 unspecified atom stereocenters. The number of hydrogen-bond donors (Lipinski definition) is 1. The number of amidine groups is 2. The van der Waals surface area contributed by atoms with Crippen LogP contribution in [0.25, 0.3) is 55.0 Å². The molecule has 1 atom stereocenters. The molecule has 0 spiro atoms. The Bertz CT molecular complexity index is 2470. The van der Waals surface area contributed by atoms with Crippen molar-refractivity contribution in [2.45, 2.75) is 6.17 Å². The van der Waals surface area contributed by atoms with Crippen molar-refractivity contribution in [3.63, 3.8) is 0 Å². The van der Waals surface area contributed by atoms with Gasteiger partial charge < -0.3 is 9.73 Å². The topological polar surface area (TPSA) is 49.9 Å². The van der Waals surface area contributed by atoms with Gasteiger partial charge in [-0.25, -0.2) is 9.98 Å². The van der Waals surface area contributed by atoms with Crippen molar-refractivity contribution in [3.8, 4) is 22.3 Å². The third-order valence-corrected chi connectivity index (χ3v) is 8.97. The van der Waals surface area contributed by atoms with Crippen molar-refractivity contribution in [2.24, 2.45) is 9.98 Å². The molecule has 1 aromatic heterocycles. The Morgan fingerprint density at radius 2 is 1.15 bits per heavy atom. The van der Waals surface area contributed by atoms with Crippen molar-refractivity contribution < 1.29 is 4.42 Å². The Morgan fingerprint density at radius 3 is 1.98 bits per heavy atom. The Labute approximate surface area is 272 Å². The molecule has 9 rings (SSSR count). The summed E-state index contributed by atoms with van der Waals surface area (Å²) in [5.74, 6) is 1.44. The summed E-state index contributed by atoms with van der Waals surface area (Å²) in [7, 11) is 0. The third kappa shape index (κ3) is 4.79. The number of nitrogens with one attached hydrogen (secondary N) is 1. The van der Waals surface area contributed by atoms with Crippen molar-refractivity contribution in [3.05, 3.63) is 180 Å². The zero-order valence-electron chi connectivity index (χ0n) is 25.5. The number of furan rings is 1. The van der Waals surface area contributed by atoms with Gasteiger partial charge in [0.15, 0.2) is 5.84 Å². The molecule has 4 nitrogen and oxygen atoms in total. The Hall–Kier alpha value is -6.26. The molecule has 4 heteroatoms. The minimum Gasteiger partial charge on any atom is -0.456 e. The van der Waals surface area contributed by atoms with Crippen molar-refractivity contribution in [1.29, 1.82) is 0 Å². The molecule has 0 amide bonds. The van der Waals surface area contributed by atoms with Crippen LogP contribution < -0.4 is 5.32 Å². The van der Waals surface area contributed by atoms with Crippen LogP contribution in [0.15, 0.2) is 178 Å². The second kappa shape index (κ2) is 11.3. The van der Waals surface area contributed by atoms with Gasteiger partial charge in [-0.3, -0.25) is 0 Å². The third-order valence-electron chi connectivity index (χ3n) is 8.97. The molecule has 0 saturated heterocycles. The highest BCUT2D eigenvalue weighted by Crippen LogP contribution is 2.38. The van der Waals surface area contributed by atoms with E-state index in [2.05, 4.69) is 145 Å². The van der Waals surface area contributed by atoms with Crippen LogP contribution in [0.5, 0.6) is 0 Å². The summed E-state index contributed by atoms with van der Waals surface area (Å²) >= 11 is 0. The quantitative estimate of drug-likeness (QED) is 0.213. The summed E-state index contributed by atoms with van der Waals surface area (Å²) in [5, 5.41) is 8.28. The van der Waals surface area contributed by atoms with Crippen LogP contribution in [-0.4, -0.2) is 11.7 Å². The first-order valence-corrected chi connectivity index (χ1v) is 15.9. The van der Waals surface area contributed by atoms with Gasteiger partial charge in [0.05, 0.1) is 0 Å². The average molecular weight is 604 g/mol. The Morgan fingerprint density at radius 1 is 0.489 bits per heavy atom. The first kappa shape index (κ1) is 27.1. The number of rotatable bonds is 5. The fourth-order valence-corrected chi connectivity index (χ4v) is 6.71. The van der Waals surface area contributed by atoms with Gasteiger partial charge in [-0.15, -0.1) is 0 Å². The maximum atomic E-state index is 6.37. The minimum absolute atomic E-state index is 0.325. The van der Waals surface area contributed by atoms with Crippen LogP contribution in [-0.2, 0) is 0 Å². The lowest BCUT2D eigenvalue weighted by Crippen LogP contribution is -2.34. The van der Waals surface area contributed by atoms with Crippen LogP contribution in [0, 0.1) is 0 Å². The highest BCUT2D eigenvalue weighted by molar-refractivity contribution is 6.24. The van der Waals surface area contributed by atoms with Crippen molar-refractivity contribution >= 4 is 44.4 Å². The molecule has 0 radical (unpaired) electrons. The summed E-state index contributed by atoms with van der Waals surface area (Å²) < 4.78 is 6.37. The Kier molecular flexibility index (Phi) is 6.50. The summed E-state index contributed by atoms with van der Waals surface area (Å²) in [4.78, 5) is 10.5. The van der Waals surface area contributed by atoms with E-state index in [-0.39, 0.29) is 6.17 Å². The van der Waals surface area contributed by atoms with Crippen molar-refractivity contribution in [2.75, 3.05) is 0 Å². The van der Waals surface area contributed by atoms with Gasteiger partial charge >= 0.3 is 0 Å². The molecule has 1 N–H and O–H groups in total. The van der Waals surface area contributed by atoms with Crippen LogP contribution in [0.4, 0.5) is 0 Å². The standard InChI is InChI=1S/C43H29N3O/c1-3-12-29(13-4-1)35-26-27-38-39(36-19-9-10-21-37(36)47-38)40(35)43-45-41(31-15-5-2-6-16-31)44-42(46-43)32-24-22-30(23-25-32)34-20-11-17-28-14-7-8-18-33(28)34/h1-27,41H,(H,44,45,46). The molecular formula is C43H29N3O. The van der Waals surface area contributed by atoms with E-state index in [0.717, 1.165) is 61.2 Å². The van der Waals surface area contributed by atoms with Crippen LogP contribution in [0.1, 0.15) is 22.9 Å². The number of aliphatic imine (C=N–C) groups is 2. The predicted molar refractivity (Wildman–Crippen MR) is 194 cm³/mol. The van der Waals surface area contributed by atoms with Gasteiger partial charge in [0.25, 0.3) is 0 Å². The van der Waals surface area contributed by atoms with E-state index in [1.165, 1.54) is 16.3 Å². The van der Waals surface area contributed by atoms with E-state index < -0.39 is 0 Å². The first-order chi connectivity index (χ1) is 23.3. The zero-order chi connectivity index (χ0) is 31.2. The average Bonchev–Trinajstić information content (AvgIpc) is 3.54. The van der Waals surface area contributed by atoms with Gasteiger partial charge in [-0.05, 0) is 56.8 Å². The molecule has 1 aliphatic rings. The summed E-state index contributed by atoms with van der Waals surface area (Å²) in [5.41, 5.74) is 9.25. The largest absolute Gasteiger partial charge is 0.456 e. The summed E-state index contributed by atoms with van der Waals surface area (Å²) in [6, 6.07) is 56.9. The van der Waals surface area contributed by atoms with Crippen LogP contribution in [0.3, 0.4) is 0 Å². The highest BCUT2D eigenvalue weighted by atomic mass is 16.3. The number of hydrogen-bond acceptors (Lipinski definition) is 4. The maximum Gasteiger partial charge on any atom is 0.159 e. The fraction of sp³-hybridized carbons (Fsp3) is 0.0233. The molecule has 2 heterocycles. The highest BCUT2D eigenvalue weighted by Gasteiger charge is 2.26. The fourth-order valence-electron chi connectivity index (χ4n) is 6.71. The van der Waals surface area contributed by atoms with Crippen molar-refractivity contribution in [1.82, 2.24) is 5.32 Å². The lowest BCUT2D eigenvalue weighted by Gasteiger charge is -2.25. The minimum atomic E-state index is -0.325. The molecule has 0 fully saturated rings. The predicted octanol–water partition coefficient (Wildman–Crippen LogP) is 10.6. The number of nitrogens with zero attached hydrogens (tertiary/aromatic N) is 2. The molecule has 0 saturated carbocycles. The number of fused-ring (bicyclic) bond motifs is 4. The normalized spacial score (nSPS) is 14.6. The van der Waals surface area contributed by atoms with E-state index in [1.807, 2.05) is 24.3 Å². The second-order valence-corrected chi connectivity index (χ2v) is 11.8. The van der Waals surface area contributed by atoms with Gasteiger partial charge in [0.2, 0.25) is 0 Å². The molecule has 1 aliphatic heterocycles. The zero-order valence-corrected chi connectivity index (χ0v) is 25.5. The van der Waals surface area contributed by atoms with Gasteiger partial charge in [-0.2, -0.15) is 0 Å². The van der Waals surface area contributed by atoms with E-state index in [0.29, 0.717) is 5.84 Å². The van der Waals surface area contributed by atoms with Crippen LogP contribution in [0.2, 0.25) is 0 Å². The van der Waals surface area contributed by atoms with Crippen LogP contribution >= 0.6 is 0 Å². The lowest BCUT2D eigenvalue weighted by atomic mass is 9.93. The molecular weight excluding hydrogens is 574 g/mol. The smallest absolute Gasteiger partial charge is 0.159 e. The summed E-state index contributed by atoms with van der Waals surface area (Å²) in [6.07, 6.45) is -0.325. The Balaban J connectivity index is 1.24. The number of benzene rings is 7. The molecule has 0 aliphatic carbocycles. The van der Waals surface area contributed by atoms with E-state index in [9.17, 15) is 0 Å². The van der Waals surface area contributed by atoms with E-state index in [4.69, 9.17) is 14.4 Å². The first-order valence-electron chi connectivity index (χ1n) is 15.9. The monoisotopic (exact) mass is 603 g/mol. The molecule has 7 aromatic carbocycles. The molecule has 47 heavy (non-hydrogen) atoms. The summed E-state index contributed by atoms with van der Waals surface area (Å²) in [6.45, 7) is 0. The van der Waals surface area contributed by atoms with E-state index >= 15 is 0 Å². The molecule has 222 valence electrons.